The van der Waals surface area contributed by atoms with Crippen LogP contribution in [0.15, 0.2) is 66.7 Å². The molecule has 1 aliphatic carbocycles. The summed E-state index contributed by atoms with van der Waals surface area (Å²) in [6.45, 7) is 0. The Kier molecular flexibility index (Phi) is 8.33. The van der Waals surface area contributed by atoms with E-state index in [1.54, 1.807) is 42.5 Å². The second kappa shape index (κ2) is 12.9. The fourth-order valence-electron chi connectivity index (χ4n) is 8.94. The van der Waals surface area contributed by atoms with E-state index >= 15 is 0 Å². The van der Waals surface area contributed by atoms with E-state index in [9.17, 15) is 38.4 Å². The van der Waals surface area contributed by atoms with E-state index in [2.05, 4.69) is 5.32 Å². The number of rotatable bonds is 8. The van der Waals surface area contributed by atoms with E-state index in [0.29, 0.717) is 22.6 Å². The molecule has 4 aliphatic heterocycles. The van der Waals surface area contributed by atoms with Crippen molar-refractivity contribution in [3.05, 3.63) is 89.0 Å². The topological polar surface area (TPSA) is 195 Å². The second-order valence-corrected chi connectivity index (χ2v) is 14.0. The van der Waals surface area contributed by atoms with Crippen LogP contribution < -0.4 is 19.9 Å². The standard InChI is InChI=1S/C39H34N4O12/c1-52-22-13-11-20(12-14-22)41-29(30(35(41)48)43-31(44)23-7-5-6-8-24(23)32(43)45)27-25-26(28(40-27)36(49)53-2)34(47)42(33(25)46)21-10-9-18-16-39(37(50)54-3,38(51)55-4)17-19(18)15-21/h5-15,25-30,40H,16-17H2,1-4H3/t25-,26+,27+,28-,29+,30-/m1/s1. The summed E-state index contributed by atoms with van der Waals surface area (Å²) in [5, 5.41) is 3.10. The van der Waals surface area contributed by atoms with Crippen molar-refractivity contribution in [1.29, 1.82) is 0 Å². The van der Waals surface area contributed by atoms with Gasteiger partial charge in [0.2, 0.25) is 11.8 Å². The van der Waals surface area contributed by atoms with Gasteiger partial charge < -0.3 is 23.8 Å². The zero-order chi connectivity index (χ0) is 39.1. The van der Waals surface area contributed by atoms with Gasteiger partial charge in [0, 0.05) is 11.7 Å². The van der Waals surface area contributed by atoms with Gasteiger partial charge in [-0.2, -0.15) is 0 Å². The van der Waals surface area contributed by atoms with Gasteiger partial charge in [-0.25, -0.2) is 4.90 Å². The molecule has 3 aromatic carbocycles. The van der Waals surface area contributed by atoms with E-state index in [4.69, 9.17) is 18.9 Å². The summed E-state index contributed by atoms with van der Waals surface area (Å²) in [6, 6.07) is 12.2. The van der Waals surface area contributed by atoms with Crippen LogP contribution in [0.3, 0.4) is 0 Å². The number of nitrogens with one attached hydrogen (secondary N) is 1. The van der Waals surface area contributed by atoms with Gasteiger partial charge in [0.1, 0.15) is 17.8 Å². The molecule has 16 nitrogen and oxygen atoms in total. The van der Waals surface area contributed by atoms with Gasteiger partial charge in [-0.3, -0.25) is 48.6 Å². The van der Waals surface area contributed by atoms with E-state index in [0.717, 1.165) is 31.1 Å². The first-order valence-electron chi connectivity index (χ1n) is 17.4. The predicted octanol–water partition coefficient (Wildman–Crippen LogP) is 0.825. The molecule has 3 fully saturated rings. The molecule has 0 saturated carbocycles. The van der Waals surface area contributed by atoms with Gasteiger partial charge in [0.15, 0.2) is 5.41 Å². The van der Waals surface area contributed by atoms with Crippen molar-refractivity contribution in [3.8, 4) is 5.75 Å². The lowest BCUT2D eigenvalue weighted by Gasteiger charge is -2.52. The largest absolute Gasteiger partial charge is 0.497 e. The highest BCUT2D eigenvalue weighted by Crippen LogP contribution is 2.48. The molecule has 282 valence electrons. The Bertz CT molecular complexity index is 2190. The Balaban J connectivity index is 1.19. The minimum absolute atomic E-state index is 0.0262. The third-order valence-electron chi connectivity index (χ3n) is 11.5. The number of carbonyl (C=O) groups is 8. The number of imide groups is 2. The Morgan fingerprint density at radius 3 is 1.84 bits per heavy atom. The summed E-state index contributed by atoms with van der Waals surface area (Å²) in [5.74, 6) is -7.95. The number of ether oxygens (including phenoxy) is 4. The van der Waals surface area contributed by atoms with Crippen LogP contribution in [0.25, 0.3) is 0 Å². The van der Waals surface area contributed by atoms with Crippen LogP contribution in [0.1, 0.15) is 31.8 Å². The third kappa shape index (κ3) is 4.93. The molecular weight excluding hydrogens is 716 g/mol. The van der Waals surface area contributed by atoms with Crippen molar-refractivity contribution in [2.45, 2.75) is 37.0 Å². The summed E-state index contributed by atoms with van der Waals surface area (Å²) in [5.41, 5.74) is 0.171. The van der Waals surface area contributed by atoms with Crippen LogP contribution >= 0.6 is 0 Å². The van der Waals surface area contributed by atoms with Crippen molar-refractivity contribution in [2.75, 3.05) is 38.2 Å². The number of hydrogen-bond donors (Lipinski definition) is 1. The minimum Gasteiger partial charge on any atom is -0.497 e. The van der Waals surface area contributed by atoms with E-state index in [1.165, 1.54) is 36.3 Å². The Labute approximate surface area is 313 Å². The van der Waals surface area contributed by atoms with E-state index in [1.807, 2.05) is 0 Å². The highest BCUT2D eigenvalue weighted by atomic mass is 16.5. The first-order chi connectivity index (χ1) is 26.4. The van der Waals surface area contributed by atoms with Crippen molar-refractivity contribution in [3.63, 3.8) is 0 Å². The van der Waals surface area contributed by atoms with Gasteiger partial charge in [-0.05, 0) is 72.5 Å². The van der Waals surface area contributed by atoms with Crippen LogP contribution in [-0.4, -0.2) is 105 Å². The number of carbonyl (C=O) groups excluding carboxylic acids is 8. The highest BCUT2D eigenvalue weighted by molar-refractivity contribution is 6.26. The molecule has 3 aromatic rings. The smallest absolute Gasteiger partial charge is 0.323 e. The summed E-state index contributed by atoms with van der Waals surface area (Å²) >= 11 is 0. The number of amides is 5. The molecule has 16 heteroatoms. The number of fused-ring (bicyclic) bond motifs is 3. The van der Waals surface area contributed by atoms with Gasteiger partial charge in [0.05, 0.1) is 63.1 Å². The van der Waals surface area contributed by atoms with Gasteiger partial charge in [-0.1, -0.05) is 18.2 Å². The lowest BCUT2D eigenvalue weighted by atomic mass is 9.78. The molecule has 0 spiro atoms. The predicted molar refractivity (Wildman–Crippen MR) is 188 cm³/mol. The Morgan fingerprint density at radius 2 is 1.25 bits per heavy atom. The maximum atomic E-state index is 14.7. The molecule has 0 unspecified atom stereocenters. The second-order valence-electron chi connectivity index (χ2n) is 14.0. The quantitative estimate of drug-likeness (QED) is 0.112. The van der Waals surface area contributed by atoms with Gasteiger partial charge in [-0.15, -0.1) is 0 Å². The van der Waals surface area contributed by atoms with Gasteiger partial charge >= 0.3 is 17.9 Å². The van der Waals surface area contributed by atoms with E-state index < -0.39 is 88.9 Å². The fourth-order valence-corrected chi connectivity index (χ4v) is 8.94. The number of nitrogens with zero attached hydrogens (tertiary/aromatic N) is 3. The molecule has 0 bridgehead atoms. The Hall–Kier alpha value is -6.42. The number of hydrogen-bond acceptors (Lipinski definition) is 13. The maximum absolute atomic E-state index is 14.7. The Morgan fingerprint density at radius 1 is 0.673 bits per heavy atom. The average Bonchev–Trinajstić information content (AvgIpc) is 3.92. The van der Waals surface area contributed by atoms with Crippen LogP contribution in [-0.2, 0) is 55.8 Å². The third-order valence-corrected chi connectivity index (χ3v) is 11.5. The summed E-state index contributed by atoms with van der Waals surface area (Å²) in [7, 11) is 4.94. The van der Waals surface area contributed by atoms with Crippen molar-refractivity contribution in [2.24, 2.45) is 17.3 Å². The molecule has 1 N–H and O–H groups in total. The molecule has 0 radical (unpaired) electrons. The zero-order valence-electron chi connectivity index (χ0n) is 30.0. The van der Waals surface area contributed by atoms with Gasteiger partial charge in [0.25, 0.3) is 17.7 Å². The number of methoxy groups -OCH3 is 4. The van der Waals surface area contributed by atoms with Crippen molar-refractivity contribution >= 4 is 58.8 Å². The van der Waals surface area contributed by atoms with E-state index in [-0.39, 0.29) is 29.7 Å². The molecule has 4 heterocycles. The number of anilines is 2. The first-order valence-corrected chi connectivity index (χ1v) is 17.4. The molecule has 6 atom stereocenters. The zero-order valence-corrected chi connectivity index (χ0v) is 30.0. The van der Waals surface area contributed by atoms with Crippen molar-refractivity contribution < 1.29 is 57.3 Å². The van der Waals surface area contributed by atoms with Crippen LogP contribution in [0.5, 0.6) is 5.75 Å². The fraction of sp³-hybridized carbons (Fsp3) is 0.333. The lowest BCUT2D eigenvalue weighted by Crippen LogP contribution is -2.77. The number of β-lactam (4-membered cyclic amide) rings is 1. The molecule has 0 aromatic heterocycles. The monoisotopic (exact) mass is 750 g/mol. The molecule has 5 amide bonds. The molecule has 5 aliphatic rings. The highest BCUT2D eigenvalue weighted by Gasteiger charge is 2.69. The van der Waals surface area contributed by atoms with Crippen LogP contribution in [0, 0.1) is 17.3 Å². The molecule has 8 rings (SSSR count). The van der Waals surface area contributed by atoms with Crippen LogP contribution in [0.4, 0.5) is 11.4 Å². The summed E-state index contributed by atoms with van der Waals surface area (Å²) in [6.07, 6.45) is -0.141. The summed E-state index contributed by atoms with van der Waals surface area (Å²) in [4.78, 5) is 113. The lowest BCUT2D eigenvalue weighted by molar-refractivity contribution is -0.168. The molecule has 55 heavy (non-hydrogen) atoms. The van der Waals surface area contributed by atoms with Crippen LogP contribution in [0.2, 0.25) is 0 Å². The number of esters is 3. The van der Waals surface area contributed by atoms with Crippen molar-refractivity contribution in [1.82, 2.24) is 10.2 Å². The molecular formula is C39H34N4O12. The maximum Gasteiger partial charge on any atom is 0.323 e. The molecule has 3 saturated heterocycles. The normalized spacial score (nSPS) is 26.0. The number of benzene rings is 3. The average molecular weight is 751 g/mol. The SMILES string of the molecule is COC(=O)[C@@H]1N[C@H]([C@H]2[C@@H](N3C(=O)c4ccccc4C3=O)C(=O)N2c2ccc(OC)cc2)[C@@H]2C(=O)N(c3ccc4c(c3)CC(C(=O)OC)(C(=O)OC)C4)C(=O)[C@@H]21. The first kappa shape index (κ1) is 35.6. The minimum atomic E-state index is -1.66. The summed E-state index contributed by atoms with van der Waals surface area (Å²) < 4.78 is 20.3.